The lowest BCUT2D eigenvalue weighted by Crippen LogP contribution is -2.42. The van der Waals surface area contributed by atoms with Crippen molar-refractivity contribution in [1.82, 2.24) is 14.8 Å². The van der Waals surface area contributed by atoms with Crippen molar-refractivity contribution in [2.75, 3.05) is 26.2 Å². The number of para-hydroxylation sites is 1. The Bertz CT molecular complexity index is 833. The molecule has 2 heterocycles. The fraction of sp³-hybridized carbons (Fsp3) is 0.545. The molecule has 2 aromatic rings. The summed E-state index contributed by atoms with van der Waals surface area (Å²) in [4.78, 5) is 22.0. The van der Waals surface area contributed by atoms with Gasteiger partial charge in [-0.2, -0.15) is 0 Å². The first-order valence-electron chi connectivity index (χ1n) is 10.1. The number of hydrogen-bond donors (Lipinski definition) is 0. The van der Waals surface area contributed by atoms with Gasteiger partial charge in [-0.25, -0.2) is 4.98 Å². The van der Waals surface area contributed by atoms with Crippen LogP contribution >= 0.6 is 22.9 Å². The number of carbonyl (C=O) groups is 1. The van der Waals surface area contributed by atoms with Gasteiger partial charge in [-0.05, 0) is 25.5 Å². The summed E-state index contributed by atoms with van der Waals surface area (Å²) in [7, 11) is 0. The Labute approximate surface area is 182 Å². The highest BCUT2D eigenvalue weighted by atomic mass is 35.5. The number of ether oxygens (including phenoxy) is 1. The van der Waals surface area contributed by atoms with Crippen LogP contribution in [0.3, 0.4) is 0 Å². The van der Waals surface area contributed by atoms with Crippen molar-refractivity contribution in [3.05, 3.63) is 45.4 Å². The summed E-state index contributed by atoms with van der Waals surface area (Å²) in [5.74, 6) is 0.556. The molecule has 1 aromatic heterocycles. The van der Waals surface area contributed by atoms with E-state index in [4.69, 9.17) is 21.3 Å². The predicted molar refractivity (Wildman–Crippen MR) is 119 cm³/mol. The van der Waals surface area contributed by atoms with Gasteiger partial charge >= 0.3 is 0 Å². The number of nitrogens with zero attached hydrogens (tertiary/aromatic N) is 3. The Morgan fingerprint density at radius 1 is 1.24 bits per heavy atom. The van der Waals surface area contributed by atoms with E-state index in [9.17, 15) is 4.79 Å². The maximum Gasteiger partial charge on any atom is 0.263 e. The summed E-state index contributed by atoms with van der Waals surface area (Å²) in [5.41, 5.74) is 1.21. The molecule has 3 rings (SSSR count). The molecule has 0 bridgehead atoms. The topological polar surface area (TPSA) is 45.7 Å². The molecule has 1 amide bonds. The molecular formula is C22H30ClN3O2S. The number of aromatic nitrogens is 1. The minimum Gasteiger partial charge on any atom is -0.479 e. The summed E-state index contributed by atoms with van der Waals surface area (Å²) in [6.07, 6.45) is 0.384. The van der Waals surface area contributed by atoms with Gasteiger partial charge in [0.1, 0.15) is 5.75 Å². The van der Waals surface area contributed by atoms with E-state index >= 15 is 0 Å². The van der Waals surface area contributed by atoms with Crippen LogP contribution in [0, 0.1) is 0 Å². The number of benzene rings is 1. The highest BCUT2D eigenvalue weighted by molar-refractivity contribution is 7.09. The molecule has 7 heteroatoms. The number of thiazole rings is 1. The molecule has 0 N–H and O–H groups in total. The highest BCUT2D eigenvalue weighted by Gasteiger charge is 2.26. The van der Waals surface area contributed by atoms with Crippen molar-refractivity contribution in [1.29, 1.82) is 0 Å². The molecule has 1 unspecified atom stereocenters. The first-order chi connectivity index (χ1) is 13.7. The van der Waals surface area contributed by atoms with Crippen molar-refractivity contribution >= 4 is 28.8 Å². The van der Waals surface area contributed by atoms with Gasteiger partial charge in [0.25, 0.3) is 5.91 Å². The minimum atomic E-state index is -0.561. The third kappa shape index (κ3) is 5.93. The van der Waals surface area contributed by atoms with Gasteiger partial charge in [0.15, 0.2) is 6.10 Å². The van der Waals surface area contributed by atoms with Crippen molar-refractivity contribution in [2.45, 2.75) is 52.2 Å². The van der Waals surface area contributed by atoms with Crippen LogP contribution < -0.4 is 4.74 Å². The van der Waals surface area contributed by atoms with Gasteiger partial charge in [-0.1, -0.05) is 44.5 Å². The van der Waals surface area contributed by atoms with Crippen LogP contribution in [-0.4, -0.2) is 53.0 Å². The summed E-state index contributed by atoms with van der Waals surface area (Å²) in [6.45, 7) is 12.4. The number of halogens is 1. The monoisotopic (exact) mass is 435 g/mol. The zero-order valence-corrected chi connectivity index (χ0v) is 19.2. The second-order valence-electron chi connectivity index (χ2n) is 8.54. The van der Waals surface area contributed by atoms with Gasteiger partial charge in [0.2, 0.25) is 0 Å². The SMILES string of the molecule is CC(Oc1ccccc1Cl)C(=O)N1CCCN(Cc2csc(C(C)(C)C)n2)CC1. The zero-order chi connectivity index (χ0) is 21.0. The molecule has 1 aromatic carbocycles. The van der Waals surface area contributed by atoms with Crippen molar-refractivity contribution < 1.29 is 9.53 Å². The summed E-state index contributed by atoms with van der Waals surface area (Å²) in [5, 5.41) is 3.85. The Balaban J connectivity index is 1.54. The molecule has 1 atom stereocenters. The molecule has 29 heavy (non-hydrogen) atoms. The molecular weight excluding hydrogens is 406 g/mol. The molecule has 1 aliphatic rings. The summed E-state index contributed by atoms with van der Waals surface area (Å²) < 4.78 is 5.81. The van der Waals surface area contributed by atoms with E-state index in [1.54, 1.807) is 30.4 Å². The summed E-state index contributed by atoms with van der Waals surface area (Å²) in [6, 6.07) is 7.25. The van der Waals surface area contributed by atoms with E-state index in [0.29, 0.717) is 17.3 Å². The fourth-order valence-electron chi connectivity index (χ4n) is 3.34. The van der Waals surface area contributed by atoms with Crippen molar-refractivity contribution in [2.24, 2.45) is 0 Å². The Hall–Kier alpha value is -1.63. The molecule has 5 nitrogen and oxygen atoms in total. The van der Waals surface area contributed by atoms with E-state index in [0.717, 1.165) is 38.3 Å². The standard InChI is InChI=1S/C22H30ClN3O2S/c1-16(28-19-9-6-5-8-18(19)23)20(27)26-11-7-10-25(12-13-26)14-17-15-29-21(24-17)22(2,3)4/h5-6,8-9,15-16H,7,10-14H2,1-4H3. The van der Waals surface area contributed by atoms with E-state index in [-0.39, 0.29) is 11.3 Å². The molecule has 0 aliphatic carbocycles. The first kappa shape index (κ1) is 22.1. The molecule has 0 spiro atoms. The third-order valence-electron chi connectivity index (χ3n) is 4.97. The van der Waals surface area contributed by atoms with Crippen LogP contribution in [0.2, 0.25) is 5.02 Å². The molecule has 1 saturated heterocycles. The van der Waals surface area contributed by atoms with Crippen LogP contribution in [0.5, 0.6) is 5.75 Å². The van der Waals surface area contributed by atoms with Crippen molar-refractivity contribution in [3.8, 4) is 5.75 Å². The maximum atomic E-state index is 12.9. The maximum absolute atomic E-state index is 12.9. The minimum absolute atomic E-state index is 0.00967. The van der Waals surface area contributed by atoms with Crippen LogP contribution in [0.4, 0.5) is 0 Å². The van der Waals surface area contributed by atoms with Crippen LogP contribution in [0.25, 0.3) is 0 Å². The van der Waals surface area contributed by atoms with E-state index in [1.165, 1.54) is 5.01 Å². The second kappa shape index (κ2) is 9.45. The van der Waals surface area contributed by atoms with Crippen LogP contribution in [0.15, 0.2) is 29.6 Å². The molecule has 1 aliphatic heterocycles. The van der Waals surface area contributed by atoms with Gasteiger partial charge in [-0.15, -0.1) is 11.3 Å². The van der Waals surface area contributed by atoms with Crippen LogP contribution in [-0.2, 0) is 16.8 Å². The van der Waals surface area contributed by atoms with Crippen molar-refractivity contribution in [3.63, 3.8) is 0 Å². The normalized spacial score (nSPS) is 17.1. The molecule has 0 saturated carbocycles. The summed E-state index contributed by atoms with van der Waals surface area (Å²) >= 11 is 7.88. The number of rotatable bonds is 5. The number of amides is 1. The Morgan fingerprint density at radius 2 is 2.00 bits per heavy atom. The van der Waals surface area contributed by atoms with Gasteiger partial charge < -0.3 is 9.64 Å². The van der Waals surface area contributed by atoms with Gasteiger partial charge in [0.05, 0.1) is 15.7 Å². The van der Waals surface area contributed by atoms with E-state index < -0.39 is 6.10 Å². The smallest absolute Gasteiger partial charge is 0.263 e. The lowest BCUT2D eigenvalue weighted by Gasteiger charge is -2.25. The largest absolute Gasteiger partial charge is 0.479 e. The molecule has 0 radical (unpaired) electrons. The predicted octanol–water partition coefficient (Wildman–Crippen LogP) is 4.60. The highest BCUT2D eigenvalue weighted by Crippen LogP contribution is 2.26. The zero-order valence-electron chi connectivity index (χ0n) is 17.7. The number of hydrogen-bond acceptors (Lipinski definition) is 5. The van der Waals surface area contributed by atoms with Gasteiger partial charge in [-0.3, -0.25) is 9.69 Å². The fourth-order valence-corrected chi connectivity index (χ4v) is 4.42. The lowest BCUT2D eigenvalue weighted by molar-refractivity contribution is -0.137. The number of carbonyl (C=O) groups excluding carboxylic acids is 1. The van der Waals surface area contributed by atoms with E-state index in [2.05, 4.69) is 31.1 Å². The lowest BCUT2D eigenvalue weighted by atomic mass is 9.98. The molecule has 158 valence electrons. The Morgan fingerprint density at radius 3 is 2.69 bits per heavy atom. The quantitative estimate of drug-likeness (QED) is 0.688. The first-order valence-corrected chi connectivity index (χ1v) is 11.4. The van der Waals surface area contributed by atoms with E-state index in [1.807, 2.05) is 17.0 Å². The average Bonchev–Trinajstić information content (AvgIpc) is 3.02. The average molecular weight is 436 g/mol. The van der Waals surface area contributed by atoms with Crippen LogP contribution in [0.1, 0.15) is 44.8 Å². The molecule has 1 fully saturated rings. The van der Waals surface area contributed by atoms with Gasteiger partial charge in [0, 0.05) is 43.5 Å². The Kier molecular flexibility index (Phi) is 7.19. The second-order valence-corrected chi connectivity index (χ2v) is 9.80. The third-order valence-corrected chi connectivity index (χ3v) is 6.60.